The summed E-state index contributed by atoms with van der Waals surface area (Å²) in [4.78, 5) is 28.2. The van der Waals surface area contributed by atoms with Gasteiger partial charge in [-0.15, -0.1) is 0 Å². The van der Waals surface area contributed by atoms with Crippen molar-refractivity contribution in [3.8, 4) is 23.0 Å². The molecule has 0 amide bonds. The Bertz CT molecular complexity index is 1010. The van der Waals surface area contributed by atoms with E-state index in [1.165, 1.54) is 14.2 Å². The summed E-state index contributed by atoms with van der Waals surface area (Å²) in [6, 6.07) is 9.84. The van der Waals surface area contributed by atoms with Crippen LogP contribution >= 0.6 is 7.14 Å². The molecule has 178 valence electrons. The average Bonchev–Trinajstić information content (AvgIpc) is 3.38. The minimum Gasteiger partial charge on any atom is -0.496 e. The molecule has 33 heavy (non-hydrogen) atoms. The van der Waals surface area contributed by atoms with E-state index in [1.807, 2.05) is 0 Å². The van der Waals surface area contributed by atoms with Crippen molar-refractivity contribution < 1.29 is 33.1 Å². The van der Waals surface area contributed by atoms with Gasteiger partial charge in [0, 0.05) is 5.66 Å². The van der Waals surface area contributed by atoms with Crippen molar-refractivity contribution in [1.82, 2.24) is 0 Å². The van der Waals surface area contributed by atoms with Crippen LogP contribution in [0.3, 0.4) is 0 Å². The Morgan fingerprint density at radius 3 is 1.58 bits per heavy atom. The first kappa shape index (κ1) is 24.8. The first-order valence-electron chi connectivity index (χ1n) is 11.2. The van der Waals surface area contributed by atoms with Gasteiger partial charge < -0.3 is 23.5 Å². The van der Waals surface area contributed by atoms with Gasteiger partial charge in [-0.3, -0.25) is 9.59 Å². The quantitative estimate of drug-likeness (QED) is 0.381. The summed E-state index contributed by atoms with van der Waals surface area (Å²) >= 11 is 0. The number of carbonyl (C=O) groups excluding carboxylic acids is 2. The summed E-state index contributed by atoms with van der Waals surface area (Å²) < 4.78 is 36.9. The molecule has 1 unspecified atom stereocenters. The fourth-order valence-corrected chi connectivity index (χ4v) is 7.40. The first-order chi connectivity index (χ1) is 15.9. The maximum Gasteiger partial charge on any atom is 0.236 e. The van der Waals surface area contributed by atoms with Crippen LogP contribution in [0.2, 0.25) is 0 Å². The Morgan fingerprint density at radius 1 is 0.788 bits per heavy atom. The van der Waals surface area contributed by atoms with Gasteiger partial charge in [0.25, 0.3) is 0 Å². The molecule has 0 N–H and O–H groups in total. The van der Waals surface area contributed by atoms with Crippen LogP contribution < -0.4 is 18.9 Å². The summed E-state index contributed by atoms with van der Waals surface area (Å²) in [5, 5.41) is 0. The van der Waals surface area contributed by atoms with E-state index in [0.29, 0.717) is 26.1 Å². The average molecular weight is 474 g/mol. The van der Waals surface area contributed by atoms with Crippen LogP contribution in [0.1, 0.15) is 60.2 Å². The molecular weight excluding hydrogens is 443 g/mol. The Balaban J connectivity index is 2.25. The zero-order valence-electron chi connectivity index (χ0n) is 19.6. The number of rotatable bonds is 11. The first-order valence-corrected chi connectivity index (χ1v) is 13.0. The maximum absolute atomic E-state index is 14.7. The minimum atomic E-state index is -4.17. The number of methoxy groups -OCH3 is 2. The predicted molar refractivity (Wildman–Crippen MR) is 127 cm³/mol. The standard InChI is InChI=1S/C25H31O7P/c1-5-31-20-15-10-16-21(32-6-2)23(20)25(27)33(28,17-11-7-8-12-17)24(26)22-18(29-3)13-9-14-19(22)30-4/h9-10,13-17H,5-8,11-12H2,1-4H3. The van der Waals surface area contributed by atoms with E-state index >= 15 is 0 Å². The second kappa shape index (κ2) is 10.9. The van der Waals surface area contributed by atoms with E-state index in [2.05, 4.69) is 0 Å². The lowest BCUT2D eigenvalue weighted by molar-refractivity contribution is 0.102. The van der Waals surface area contributed by atoms with Gasteiger partial charge in [-0.1, -0.05) is 25.0 Å². The minimum absolute atomic E-state index is 0.0259. The monoisotopic (exact) mass is 474 g/mol. The highest BCUT2D eigenvalue weighted by Crippen LogP contribution is 2.63. The molecule has 1 saturated carbocycles. The molecule has 0 heterocycles. The molecule has 1 aliphatic rings. The molecule has 0 saturated heterocycles. The van der Waals surface area contributed by atoms with E-state index in [-0.39, 0.29) is 34.1 Å². The lowest BCUT2D eigenvalue weighted by atomic mass is 10.2. The Hall–Kier alpha value is -2.79. The summed E-state index contributed by atoms with van der Waals surface area (Å²) in [6.07, 6.45) is 2.69. The molecule has 0 aliphatic heterocycles. The van der Waals surface area contributed by atoms with Gasteiger partial charge in [-0.05, 0) is 51.0 Å². The molecular formula is C25H31O7P. The predicted octanol–water partition coefficient (Wildman–Crippen LogP) is 5.79. The van der Waals surface area contributed by atoms with Gasteiger partial charge in [-0.2, -0.15) is 0 Å². The summed E-state index contributed by atoms with van der Waals surface area (Å²) in [5.74, 6) is 0.944. The molecule has 2 aromatic carbocycles. The zero-order valence-corrected chi connectivity index (χ0v) is 20.5. The van der Waals surface area contributed by atoms with Crippen molar-refractivity contribution in [2.75, 3.05) is 27.4 Å². The third-order valence-corrected chi connectivity index (χ3v) is 9.08. The number of hydrogen-bond donors (Lipinski definition) is 0. The van der Waals surface area contributed by atoms with Crippen molar-refractivity contribution >= 4 is 18.2 Å². The lowest BCUT2D eigenvalue weighted by Gasteiger charge is -2.25. The Kier molecular flexibility index (Phi) is 8.20. The summed E-state index contributed by atoms with van der Waals surface area (Å²) in [5.41, 5.74) is -1.96. The van der Waals surface area contributed by atoms with Crippen LogP contribution in [-0.4, -0.2) is 44.1 Å². The number of ether oxygens (including phenoxy) is 4. The summed E-state index contributed by atoms with van der Waals surface area (Å²) in [7, 11) is -1.33. The molecule has 0 bridgehead atoms. The molecule has 7 nitrogen and oxygen atoms in total. The Labute approximate surface area is 194 Å². The Morgan fingerprint density at radius 2 is 1.18 bits per heavy atom. The highest BCUT2D eigenvalue weighted by atomic mass is 31.2. The second-order valence-electron chi connectivity index (χ2n) is 7.74. The number of carbonyl (C=O) groups is 2. The van der Waals surface area contributed by atoms with Crippen LogP contribution in [0.15, 0.2) is 36.4 Å². The van der Waals surface area contributed by atoms with E-state index < -0.39 is 23.8 Å². The fraction of sp³-hybridized carbons (Fsp3) is 0.440. The van der Waals surface area contributed by atoms with E-state index in [0.717, 1.165) is 12.8 Å². The largest absolute Gasteiger partial charge is 0.496 e. The van der Waals surface area contributed by atoms with Crippen LogP contribution in [-0.2, 0) is 4.57 Å². The van der Waals surface area contributed by atoms with Gasteiger partial charge in [0.05, 0.1) is 27.4 Å². The normalized spacial score (nSPS) is 15.5. The van der Waals surface area contributed by atoms with Crippen LogP contribution in [0.5, 0.6) is 23.0 Å². The molecule has 1 aliphatic carbocycles. The molecule has 0 aromatic heterocycles. The van der Waals surface area contributed by atoms with Crippen LogP contribution in [0, 0.1) is 0 Å². The molecule has 8 heteroatoms. The van der Waals surface area contributed by atoms with Gasteiger partial charge in [0.15, 0.2) is 0 Å². The highest BCUT2D eigenvalue weighted by Gasteiger charge is 2.51. The highest BCUT2D eigenvalue weighted by molar-refractivity contribution is 7.96. The van der Waals surface area contributed by atoms with Crippen LogP contribution in [0.25, 0.3) is 0 Å². The van der Waals surface area contributed by atoms with Gasteiger partial charge in [0.1, 0.15) is 34.1 Å². The maximum atomic E-state index is 14.7. The molecule has 0 spiro atoms. The van der Waals surface area contributed by atoms with Gasteiger partial charge in [0.2, 0.25) is 18.2 Å². The molecule has 1 fully saturated rings. The summed E-state index contributed by atoms with van der Waals surface area (Å²) in [6.45, 7) is 4.20. The van der Waals surface area contributed by atoms with Crippen molar-refractivity contribution in [3.63, 3.8) is 0 Å². The number of benzene rings is 2. The topological polar surface area (TPSA) is 88.1 Å². The van der Waals surface area contributed by atoms with E-state index in [1.54, 1.807) is 50.2 Å². The number of hydrogen-bond acceptors (Lipinski definition) is 7. The second-order valence-corrected chi connectivity index (χ2v) is 10.6. The molecule has 0 radical (unpaired) electrons. The molecule has 1 atom stereocenters. The van der Waals surface area contributed by atoms with E-state index in [9.17, 15) is 14.2 Å². The fourth-order valence-electron chi connectivity index (χ4n) is 4.36. The third-order valence-electron chi connectivity index (χ3n) is 5.89. The molecule has 3 rings (SSSR count). The van der Waals surface area contributed by atoms with Crippen molar-refractivity contribution in [3.05, 3.63) is 47.5 Å². The zero-order chi connectivity index (χ0) is 24.0. The van der Waals surface area contributed by atoms with Gasteiger partial charge >= 0.3 is 0 Å². The SMILES string of the molecule is CCOc1cccc(OCC)c1C(=O)P(=O)(C(=O)c1c(OC)cccc1OC)C1CCCC1. The van der Waals surface area contributed by atoms with Gasteiger partial charge in [-0.25, -0.2) is 0 Å². The van der Waals surface area contributed by atoms with Crippen LogP contribution in [0.4, 0.5) is 0 Å². The van der Waals surface area contributed by atoms with Crippen molar-refractivity contribution in [2.45, 2.75) is 45.2 Å². The smallest absolute Gasteiger partial charge is 0.236 e. The van der Waals surface area contributed by atoms with Crippen molar-refractivity contribution in [1.29, 1.82) is 0 Å². The third kappa shape index (κ3) is 4.65. The molecule has 2 aromatic rings. The van der Waals surface area contributed by atoms with Crippen molar-refractivity contribution in [2.24, 2.45) is 0 Å². The van der Waals surface area contributed by atoms with E-state index in [4.69, 9.17) is 18.9 Å². The lowest BCUT2D eigenvalue weighted by Crippen LogP contribution is -2.22.